The van der Waals surface area contributed by atoms with Crippen LogP contribution in [-0.4, -0.2) is 11.0 Å². The molecule has 0 spiro atoms. The Bertz CT molecular complexity index is 762. The highest BCUT2D eigenvalue weighted by atomic mass is 19.1. The van der Waals surface area contributed by atoms with E-state index >= 15 is 0 Å². The van der Waals surface area contributed by atoms with Crippen molar-refractivity contribution in [1.29, 1.82) is 0 Å². The normalized spacial score (nSPS) is 10.8. The number of para-hydroxylation sites is 1. The summed E-state index contributed by atoms with van der Waals surface area (Å²) >= 11 is 0. The van der Waals surface area contributed by atoms with Crippen LogP contribution in [0.25, 0.3) is 22.6 Å². The quantitative estimate of drug-likeness (QED) is 0.703. The monoisotopic (exact) mass is 256 g/mol. The fourth-order valence-electron chi connectivity index (χ4n) is 1.83. The van der Waals surface area contributed by atoms with Crippen LogP contribution in [0.5, 0.6) is 0 Å². The average Bonchev–Trinajstić information content (AvgIpc) is 2.82. The Morgan fingerprint density at radius 2 is 1.89 bits per heavy atom. The van der Waals surface area contributed by atoms with E-state index in [2.05, 4.69) is 4.98 Å². The maximum Gasteiger partial charge on any atom is 0.227 e. The van der Waals surface area contributed by atoms with Crippen molar-refractivity contribution in [1.82, 2.24) is 4.98 Å². The number of carboxylic acid groups (broad SMARTS) is 1. The second-order valence-corrected chi connectivity index (χ2v) is 3.97. The number of aromatic carboxylic acids is 1. The highest BCUT2D eigenvalue weighted by molar-refractivity contribution is 5.99. The van der Waals surface area contributed by atoms with E-state index < -0.39 is 5.97 Å². The molecule has 0 bridgehead atoms. The fraction of sp³-hybridized carbons (Fsp3) is 0. The number of halogens is 1. The van der Waals surface area contributed by atoms with E-state index in [1.165, 1.54) is 30.3 Å². The molecule has 0 aliphatic carbocycles. The van der Waals surface area contributed by atoms with E-state index in [1.807, 2.05) is 0 Å². The van der Waals surface area contributed by atoms with Gasteiger partial charge in [-0.2, -0.15) is 0 Å². The molecule has 3 aromatic rings. The Morgan fingerprint density at radius 3 is 2.58 bits per heavy atom. The summed E-state index contributed by atoms with van der Waals surface area (Å²) in [5, 5.41) is 11.0. The first-order valence-corrected chi connectivity index (χ1v) is 5.52. The van der Waals surface area contributed by atoms with Crippen molar-refractivity contribution in [3.63, 3.8) is 0 Å². The van der Waals surface area contributed by atoms with Crippen molar-refractivity contribution in [3.8, 4) is 11.5 Å². The van der Waals surface area contributed by atoms with Crippen LogP contribution in [0.15, 0.2) is 46.9 Å². The van der Waals surface area contributed by atoms with E-state index in [1.54, 1.807) is 12.1 Å². The van der Waals surface area contributed by atoms with Crippen LogP contribution in [0.2, 0.25) is 0 Å². The molecule has 0 fully saturated rings. The summed E-state index contributed by atoms with van der Waals surface area (Å²) in [6.07, 6.45) is 0. The number of fused-ring (bicyclic) bond motifs is 1. The Hall–Kier alpha value is -2.69. The number of aromatic nitrogens is 1. The van der Waals surface area contributed by atoms with Crippen molar-refractivity contribution < 1.29 is 18.7 Å². The molecule has 1 heterocycles. The molecule has 0 saturated carbocycles. The van der Waals surface area contributed by atoms with Crippen molar-refractivity contribution in [2.75, 3.05) is 0 Å². The first kappa shape index (κ1) is 11.4. The molecule has 0 unspecified atom stereocenters. The number of benzene rings is 2. The van der Waals surface area contributed by atoms with Gasteiger partial charge in [-0.3, -0.25) is 0 Å². The summed E-state index contributed by atoms with van der Waals surface area (Å²) in [7, 11) is 0. The highest BCUT2D eigenvalue weighted by Gasteiger charge is 2.11. The maximum atomic E-state index is 12.8. The molecule has 1 aromatic heterocycles. The number of carbonyl (C=O) groups is 1. The van der Waals surface area contributed by atoms with Crippen molar-refractivity contribution in [2.24, 2.45) is 0 Å². The van der Waals surface area contributed by atoms with Gasteiger partial charge in [-0.15, -0.1) is 0 Å². The summed E-state index contributed by atoms with van der Waals surface area (Å²) in [4.78, 5) is 15.1. The molecular formula is C14H7FNO3-. The molecule has 2 aromatic carbocycles. The predicted molar refractivity (Wildman–Crippen MR) is 63.7 cm³/mol. The van der Waals surface area contributed by atoms with Crippen LogP contribution in [0, 0.1) is 5.82 Å². The molecule has 0 amide bonds. The van der Waals surface area contributed by atoms with E-state index in [9.17, 15) is 14.3 Å². The third-order valence-electron chi connectivity index (χ3n) is 2.73. The predicted octanol–water partition coefficient (Wildman–Crippen LogP) is 2.00. The zero-order valence-corrected chi connectivity index (χ0v) is 9.59. The maximum absolute atomic E-state index is 12.8. The van der Waals surface area contributed by atoms with Gasteiger partial charge in [0.25, 0.3) is 0 Å². The van der Waals surface area contributed by atoms with Gasteiger partial charge in [0, 0.05) is 11.1 Å². The molecule has 0 saturated heterocycles. The van der Waals surface area contributed by atoms with Crippen molar-refractivity contribution >= 4 is 17.1 Å². The first-order chi connectivity index (χ1) is 9.15. The number of carboxylic acids is 1. The van der Waals surface area contributed by atoms with Gasteiger partial charge in [-0.25, -0.2) is 9.37 Å². The lowest BCUT2D eigenvalue weighted by Gasteiger charge is -2.00. The molecule has 94 valence electrons. The largest absolute Gasteiger partial charge is 0.545 e. The number of nitrogens with zero attached hydrogens (tertiary/aromatic N) is 1. The second-order valence-electron chi connectivity index (χ2n) is 3.97. The fourth-order valence-corrected chi connectivity index (χ4v) is 1.83. The Labute approximate surface area is 107 Å². The van der Waals surface area contributed by atoms with E-state index in [4.69, 9.17) is 4.42 Å². The zero-order chi connectivity index (χ0) is 13.4. The molecular weight excluding hydrogens is 249 g/mol. The van der Waals surface area contributed by atoms with Gasteiger partial charge in [0.1, 0.15) is 11.3 Å². The van der Waals surface area contributed by atoms with Gasteiger partial charge in [-0.1, -0.05) is 6.07 Å². The number of oxazole rings is 1. The first-order valence-electron chi connectivity index (χ1n) is 5.52. The highest BCUT2D eigenvalue weighted by Crippen LogP contribution is 2.26. The molecule has 0 N–H and O–H groups in total. The van der Waals surface area contributed by atoms with Gasteiger partial charge in [0.15, 0.2) is 5.58 Å². The third-order valence-corrected chi connectivity index (χ3v) is 2.73. The molecule has 0 aliphatic rings. The van der Waals surface area contributed by atoms with Crippen LogP contribution in [0.1, 0.15) is 10.4 Å². The lowest BCUT2D eigenvalue weighted by Crippen LogP contribution is -2.22. The van der Waals surface area contributed by atoms with Crippen LogP contribution >= 0.6 is 0 Å². The van der Waals surface area contributed by atoms with Gasteiger partial charge in [0.2, 0.25) is 5.89 Å². The zero-order valence-electron chi connectivity index (χ0n) is 9.59. The van der Waals surface area contributed by atoms with E-state index in [-0.39, 0.29) is 22.9 Å². The molecule has 0 radical (unpaired) electrons. The topological polar surface area (TPSA) is 66.2 Å². The van der Waals surface area contributed by atoms with Gasteiger partial charge in [-0.05, 0) is 36.4 Å². The third kappa shape index (κ3) is 1.95. The molecule has 0 atom stereocenters. The molecule has 5 heteroatoms. The Kier molecular flexibility index (Phi) is 2.52. The lowest BCUT2D eigenvalue weighted by molar-refractivity contribution is -0.254. The Morgan fingerprint density at radius 1 is 1.16 bits per heavy atom. The van der Waals surface area contributed by atoms with Crippen LogP contribution in [0.4, 0.5) is 4.39 Å². The van der Waals surface area contributed by atoms with Gasteiger partial charge < -0.3 is 14.3 Å². The van der Waals surface area contributed by atoms with E-state index in [0.717, 1.165) is 0 Å². The van der Waals surface area contributed by atoms with Crippen LogP contribution in [0.3, 0.4) is 0 Å². The summed E-state index contributed by atoms with van der Waals surface area (Å²) in [6, 6.07) is 10.2. The van der Waals surface area contributed by atoms with Crippen molar-refractivity contribution in [3.05, 3.63) is 53.8 Å². The molecule has 19 heavy (non-hydrogen) atoms. The number of rotatable bonds is 2. The molecule has 0 aliphatic heterocycles. The van der Waals surface area contributed by atoms with E-state index in [0.29, 0.717) is 11.1 Å². The minimum Gasteiger partial charge on any atom is -0.545 e. The minimum absolute atomic E-state index is 0.0571. The molecule has 4 nitrogen and oxygen atoms in total. The summed E-state index contributed by atoms with van der Waals surface area (Å²) in [5.41, 5.74) is 1.09. The number of hydrogen-bond acceptors (Lipinski definition) is 4. The smallest absolute Gasteiger partial charge is 0.227 e. The van der Waals surface area contributed by atoms with Crippen LogP contribution < -0.4 is 5.11 Å². The van der Waals surface area contributed by atoms with Gasteiger partial charge in [0.05, 0.1) is 5.97 Å². The number of carbonyl (C=O) groups excluding carboxylic acids is 1. The van der Waals surface area contributed by atoms with Crippen molar-refractivity contribution in [2.45, 2.75) is 0 Å². The minimum atomic E-state index is -1.33. The average molecular weight is 256 g/mol. The lowest BCUT2D eigenvalue weighted by atomic mass is 10.2. The Balaban J connectivity index is 2.19. The summed E-state index contributed by atoms with van der Waals surface area (Å²) in [5.74, 6) is -1.45. The van der Waals surface area contributed by atoms with Gasteiger partial charge >= 0.3 is 0 Å². The summed E-state index contributed by atoms with van der Waals surface area (Å²) < 4.78 is 18.3. The standard InChI is InChI=1S/C14H8FNO3/c15-9-6-4-8(5-7-9)13-16-11-3-1-2-10(14(17)18)12(11)19-13/h1-7H,(H,17,18)/p-1. The number of hydrogen-bond donors (Lipinski definition) is 0. The SMILES string of the molecule is O=C([O-])c1cccc2nc(-c3ccc(F)cc3)oc12. The summed E-state index contributed by atoms with van der Waals surface area (Å²) in [6.45, 7) is 0. The molecule has 3 rings (SSSR count). The second kappa shape index (κ2) is 4.20. The van der Waals surface area contributed by atoms with Crippen LogP contribution in [-0.2, 0) is 0 Å².